The summed E-state index contributed by atoms with van der Waals surface area (Å²) in [6.07, 6.45) is 17.2. The summed E-state index contributed by atoms with van der Waals surface area (Å²) in [6, 6.07) is 0. The SMILES string of the molecule is CCCCCCCCCCC=CCOCC1CO1. The van der Waals surface area contributed by atoms with Crippen LogP contribution < -0.4 is 0 Å². The Labute approximate surface area is 113 Å². The third-order valence-electron chi connectivity index (χ3n) is 3.31. The fourth-order valence-electron chi connectivity index (χ4n) is 2.01. The fourth-order valence-corrected chi connectivity index (χ4v) is 2.01. The van der Waals surface area contributed by atoms with Gasteiger partial charge in [-0.3, -0.25) is 0 Å². The Hall–Kier alpha value is -0.340. The molecule has 18 heavy (non-hydrogen) atoms. The minimum Gasteiger partial charge on any atom is -0.375 e. The molecule has 1 rings (SSSR count). The summed E-state index contributed by atoms with van der Waals surface area (Å²) in [5, 5.41) is 0. The van der Waals surface area contributed by atoms with E-state index in [2.05, 4.69) is 19.1 Å². The summed E-state index contributed by atoms with van der Waals surface area (Å²) in [5.41, 5.74) is 0. The van der Waals surface area contributed by atoms with Crippen LogP contribution in [0, 0.1) is 0 Å². The first kappa shape index (κ1) is 15.7. The van der Waals surface area contributed by atoms with Crippen LogP contribution in [-0.2, 0) is 9.47 Å². The first-order chi connectivity index (χ1) is 8.93. The van der Waals surface area contributed by atoms with Crippen molar-refractivity contribution in [2.24, 2.45) is 0 Å². The van der Waals surface area contributed by atoms with E-state index >= 15 is 0 Å². The Morgan fingerprint density at radius 3 is 2.33 bits per heavy atom. The van der Waals surface area contributed by atoms with Crippen LogP contribution in [0.15, 0.2) is 12.2 Å². The summed E-state index contributed by atoms with van der Waals surface area (Å²) in [4.78, 5) is 0. The molecule has 1 aliphatic heterocycles. The van der Waals surface area contributed by atoms with Crippen molar-refractivity contribution in [1.82, 2.24) is 0 Å². The van der Waals surface area contributed by atoms with Gasteiger partial charge in [0.2, 0.25) is 0 Å². The summed E-state index contributed by atoms with van der Waals surface area (Å²) < 4.78 is 10.5. The molecule has 0 amide bonds. The molecule has 1 unspecified atom stereocenters. The van der Waals surface area contributed by atoms with E-state index < -0.39 is 0 Å². The summed E-state index contributed by atoms with van der Waals surface area (Å²) in [5.74, 6) is 0. The van der Waals surface area contributed by atoms with Crippen molar-refractivity contribution < 1.29 is 9.47 Å². The monoisotopic (exact) mass is 254 g/mol. The van der Waals surface area contributed by atoms with Crippen LogP contribution in [0.1, 0.15) is 64.7 Å². The summed E-state index contributed by atoms with van der Waals surface area (Å²) in [6.45, 7) is 4.68. The Balaban J connectivity index is 1.68. The second-order valence-electron chi connectivity index (χ2n) is 5.23. The largest absolute Gasteiger partial charge is 0.375 e. The van der Waals surface area contributed by atoms with E-state index in [0.717, 1.165) is 19.8 Å². The van der Waals surface area contributed by atoms with Gasteiger partial charge in [0.05, 0.1) is 19.8 Å². The Kier molecular flexibility index (Phi) is 10.2. The highest BCUT2D eigenvalue weighted by Gasteiger charge is 2.21. The number of epoxide rings is 1. The highest BCUT2D eigenvalue weighted by molar-refractivity contribution is 4.81. The van der Waals surface area contributed by atoms with E-state index in [1.54, 1.807) is 0 Å². The van der Waals surface area contributed by atoms with E-state index in [0.29, 0.717) is 6.10 Å². The second-order valence-corrected chi connectivity index (χ2v) is 5.23. The van der Waals surface area contributed by atoms with Gasteiger partial charge >= 0.3 is 0 Å². The molecule has 1 heterocycles. The van der Waals surface area contributed by atoms with Gasteiger partial charge in [-0.2, -0.15) is 0 Å². The molecule has 1 atom stereocenters. The molecule has 0 spiro atoms. The van der Waals surface area contributed by atoms with Gasteiger partial charge in [-0.15, -0.1) is 0 Å². The van der Waals surface area contributed by atoms with Crippen molar-refractivity contribution in [3.63, 3.8) is 0 Å². The maximum Gasteiger partial charge on any atom is 0.104 e. The van der Waals surface area contributed by atoms with Crippen LogP contribution in [0.2, 0.25) is 0 Å². The van der Waals surface area contributed by atoms with Crippen molar-refractivity contribution in [1.29, 1.82) is 0 Å². The highest BCUT2D eigenvalue weighted by Crippen LogP contribution is 2.10. The van der Waals surface area contributed by atoms with Gasteiger partial charge < -0.3 is 9.47 Å². The quantitative estimate of drug-likeness (QED) is 0.274. The fraction of sp³-hybridized carbons (Fsp3) is 0.875. The van der Waals surface area contributed by atoms with Gasteiger partial charge in [0.25, 0.3) is 0 Å². The van der Waals surface area contributed by atoms with Crippen LogP contribution in [0.3, 0.4) is 0 Å². The number of allylic oxidation sites excluding steroid dienone is 1. The molecule has 2 heteroatoms. The first-order valence-electron chi connectivity index (χ1n) is 7.78. The molecule has 0 N–H and O–H groups in total. The average molecular weight is 254 g/mol. The lowest BCUT2D eigenvalue weighted by atomic mass is 10.1. The van der Waals surface area contributed by atoms with Gasteiger partial charge in [0.1, 0.15) is 6.10 Å². The molecule has 2 nitrogen and oxygen atoms in total. The van der Waals surface area contributed by atoms with Gasteiger partial charge in [-0.1, -0.05) is 64.0 Å². The molecule has 0 aromatic heterocycles. The minimum absolute atomic E-state index is 0.395. The van der Waals surface area contributed by atoms with E-state index in [9.17, 15) is 0 Å². The molecule has 106 valence electrons. The Morgan fingerprint density at radius 2 is 1.67 bits per heavy atom. The Bertz CT molecular complexity index is 197. The molecule has 1 aliphatic rings. The average Bonchev–Trinajstić information content (AvgIpc) is 3.19. The van der Waals surface area contributed by atoms with Crippen molar-refractivity contribution in [2.75, 3.05) is 19.8 Å². The maximum absolute atomic E-state index is 5.43. The maximum atomic E-state index is 5.43. The van der Waals surface area contributed by atoms with Crippen molar-refractivity contribution >= 4 is 0 Å². The number of hydrogen-bond acceptors (Lipinski definition) is 2. The summed E-state index contributed by atoms with van der Waals surface area (Å²) in [7, 11) is 0. The normalized spacial score (nSPS) is 18.6. The zero-order chi connectivity index (χ0) is 12.9. The van der Waals surface area contributed by atoms with Gasteiger partial charge in [-0.05, 0) is 12.8 Å². The van der Waals surface area contributed by atoms with Crippen LogP contribution in [0.5, 0.6) is 0 Å². The number of ether oxygens (including phenoxy) is 2. The number of rotatable bonds is 13. The smallest absolute Gasteiger partial charge is 0.104 e. The van der Waals surface area contributed by atoms with Crippen molar-refractivity contribution in [3.05, 3.63) is 12.2 Å². The third kappa shape index (κ3) is 10.8. The Morgan fingerprint density at radius 1 is 1.00 bits per heavy atom. The van der Waals surface area contributed by atoms with Gasteiger partial charge in [0, 0.05) is 0 Å². The van der Waals surface area contributed by atoms with Gasteiger partial charge in [-0.25, -0.2) is 0 Å². The molecule has 0 aliphatic carbocycles. The zero-order valence-electron chi connectivity index (χ0n) is 12.0. The summed E-state index contributed by atoms with van der Waals surface area (Å²) >= 11 is 0. The standard InChI is InChI=1S/C16H30O2/c1-2-3-4-5-6-7-8-9-10-11-12-13-17-14-16-15-18-16/h11-12,16H,2-10,13-15H2,1H3. The van der Waals surface area contributed by atoms with Crippen molar-refractivity contribution in [2.45, 2.75) is 70.8 Å². The molecule has 1 fully saturated rings. The number of unbranched alkanes of at least 4 members (excludes halogenated alkanes) is 8. The predicted octanol–water partition coefficient (Wildman–Crippen LogP) is 4.49. The van der Waals surface area contributed by atoms with E-state index in [1.165, 1.54) is 57.8 Å². The molecule has 0 radical (unpaired) electrons. The van der Waals surface area contributed by atoms with Gasteiger partial charge in [0.15, 0.2) is 0 Å². The van der Waals surface area contributed by atoms with Crippen LogP contribution >= 0.6 is 0 Å². The van der Waals surface area contributed by atoms with E-state index in [4.69, 9.17) is 9.47 Å². The van der Waals surface area contributed by atoms with E-state index in [-0.39, 0.29) is 0 Å². The molecule has 0 aromatic rings. The zero-order valence-corrected chi connectivity index (χ0v) is 12.0. The van der Waals surface area contributed by atoms with Crippen LogP contribution in [-0.4, -0.2) is 25.9 Å². The minimum atomic E-state index is 0.395. The van der Waals surface area contributed by atoms with Crippen LogP contribution in [0.25, 0.3) is 0 Å². The first-order valence-corrected chi connectivity index (χ1v) is 7.78. The molecule has 0 bridgehead atoms. The topological polar surface area (TPSA) is 21.8 Å². The molecule has 0 aromatic carbocycles. The van der Waals surface area contributed by atoms with Crippen molar-refractivity contribution in [3.8, 4) is 0 Å². The van der Waals surface area contributed by atoms with E-state index in [1.807, 2.05) is 0 Å². The molecule has 0 saturated carbocycles. The lowest BCUT2D eigenvalue weighted by Crippen LogP contribution is -2.00. The third-order valence-corrected chi connectivity index (χ3v) is 3.31. The lowest BCUT2D eigenvalue weighted by Gasteiger charge is -2.00. The molecular formula is C16H30O2. The molecule has 1 saturated heterocycles. The highest BCUT2D eigenvalue weighted by atomic mass is 16.6. The number of hydrogen-bond donors (Lipinski definition) is 0. The second kappa shape index (κ2) is 11.7. The molecular weight excluding hydrogens is 224 g/mol. The lowest BCUT2D eigenvalue weighted by molar-refractivity contribution is 0.140. The predicted molar refractivity (Wildman–Crippen MR) is 76.9 cm³/mol. The van der Waals surface area contributed by atoms with Crippen LogP contribution in [0.4, 0.5) is 0 Å².